The van der Waals surface area contributed by atoms with Crippen molar-refractivity contribution in [2.45, 2.75) is 38.8 Å². The molecule has 1 amide bonds. The zero-order valence-electron chi connectivity index (χ0n) is 19.3. The summed E-state index contributed by atoms with van der Waals surface area (Å²) in [7, 11) is 1.55. The molecular weight excluding hydrogens is 468 g/mol. The Morgan fingerprint density at radius 3 is 2.63 bits per heavy atom. The normalized spacial score (nSPS) is 14.9. The number of carbonyl (C=O) groups excluding carboxylic acids is 1. The number of hydrogen-bond acceptors (Lipinski definition) is 4. The molecule has 0 saturated carbocycles. The van der Waals surface area contributed by atoms with Gasteiger partial charge < -0.3 is 24.0 Å². The van der Waals surface area contributed by atoms with Crippen LogP contribution in [0.15, 0.2) is 54.6 Å². The number of carboxylic acid groups (broad SMARTS) is 1. The molecule has 2 aromatic carbocycles. The highest BCUT2D eigenvalue weighted by Crippen LogP contribution is 2.38. The smallest absolute Gasteiger partial charge is 0.496 e. The second-order valence-corrected chi connectivity index (χ2v) is 9.05. The van der Waals surface area contributed by atoms with Crippen LogP contribution in [0.3, 0.4) is 0 Å². The summed E-state index contributed by atoms with van der Waals surface area (Å²) in [5.41, 5.74) is 4.80. The molecule has 1 aromatic heterocycles. The summed E-state index contributed by atoms with van der Waals surface area (Å²) in [6.07, 6.45) is 5.08. The minimum atomic E-state index is -1.39. The Bertz CT molecular complexity index is 1340. The average Bonchev–Trinajstić information content (AvgIpc) is 3.13. The van der Waals surface area contributed by atoms with Gasteiger partial charge in [0.2, 0.25) is 5.88 Å². The van der Waals surface area contributed by atoms with E-state index in [1.165, 1.54) is 12.0 Å². The van der Waals surface area contributed by atoms with Crippen molar-refractivity contribution in [3.05, 3.63) is 82.0 Å². The quantitative estimate of drug-likeness (QED) is 0.428. The third-order valence-electron chi connectivity index (χ3n) is 6.56. The maximum atomic E-state index is 14.0. The first-order chi connectivity index (χ1) is 17.0. The van der Waals surface area contributed by atoms with E-state index in [2.05, 4.69) is 6.08 Å². The molecule has 180 valence electrons. The second-order valence-electron chi connectivity index (χ2n) is 8.64. The molecule has 0 atom stereocenters. The third-order valence-corrected chi connectivity index (χ3v) is 6.87. The molecule has 1 aliphatic heterocycles. The lowest BCUT2D eigenvalue weighted by Gasteiger charge is -2.24. The lowest BCUT2D eigenvalue weighted by molar-refractivity contribution is 0.0981. The van der Waals surface area contributed by atoms with Gasteiger partial charge in [0, 0.05) is 22.5 Å². The number of methoxy groups -OCH3 is 1. The monoisotopic (exact) mass is 492 g/mol. The Morgan fingerprint density at radius 1 is 1.06 bits per heavy atom. The van der Waals surface area contributed by atoms with Gasteiger partial charge in [-0.05, 0) is 66.6 Å². The largest absolute Gasteiger partial charge is 0.512 e. The zero-order chi connectivity index (χ0) is 24.5. The topological polar surface area (TPSA) is 81.0 Å². The summed E-state index contributed by atoms with van der Waals surface area (Å²) in [6.45, 7) is 0.600. The number of fused-ring (bicyclic) bond motifs is 2. The third kappa shape index (κ3) is 4.39. The molecule has 1 N–H and O–H groups in total. The average molecular weight is 493 g/mol. The fraction of sp³-hybridized carbons (Fsp3) is 0.259. The molecule has 2 aliphatic rings. The van der Waals surface area contributed by atoms with Crippen molar-refractivity contribution >= 4 is 34.9 Å². The minimum Gasteiger partial charge on any atom is -0.496 e. The minimum absolute atomic E-state index is 0.210. The molecule has 3 aromatic rings. The van der Waals surface area contributed by atoms with E-state index >= 15 is 0 Å². The number of anilines is 1. The van der Waals surface area contributed by atoms with Crippen molar-refractivity contribution in [3.8, 4) is 11.6 Å². The van der Waals surface area contributed by atoms with E-state index in [-0.39, 0.29) is 18.3 Å². The highest BCUT2D eigenvalue weighted by atomic mass is 35.5. The Labute approximate surface area is 208 Å². The maximum Gasteiger partial charge on any atom is 0.512 e. The van der Waals surface area contributed by atoms with Crippen LogP contribution in [0.4, 0.5) is 10.5 Å². The Kier molecular flexibility index (Phi) is 6.26. The van der Waals surface area contributed by atoms with Crippen LogP contribution in [-0.4, -0.2) is 28.8 Å². The number of halogens is 1. The molecule has 35 heavy (non-hydrogen) atoms. The van der Waals surface area contributed by atoms with Gasteiger partial charge in [0.15, 0.2) is 0 Å². The molecule has 1 aliphatic carbocycles. The molecule has 8 heteroatoms. The zero-order valence-corrected chi connectivity index (χ0v) is 20.0. The first-order valence-corrected chi connectivity index (χ1v) is 11.9. The number of hydrogen-bond donors (Lipinski definition) is 1. The number of para-hydroxylation sites is 1. The molecular formula is C27H25ClN2O5. The lowest BCUT2D eigenvalue weighted by Crippen LogP contribution is -2.31. The molecule has 0 saturated heterocycles. The van der Waals surface area contributed by atoms with Crippen molar-refractivity contribution in [1.82, 2.24) is 4.57 Å². The standard InChI is InChI=1S/C27H25ClN2O5/c1-34-24-14-20(17-7-3-2-4-8-17)22(28)13-21(24)26(31)30-16-19-11-12-25(35-27(32)33)29(19)15-18-9-5-6-10-23(18)30/h5-7,9-14H,2-4,8,15-16H2,1H3,(H,32,33). The van der Waals surface area contributed by atoms with Gasteiger partial charge in [-0.25, -0.2) is 4.79 Å². The second kappa shape index (κ2) is 9.50. The number of ether oxygens (including phenoxy) is 2. The number of nitrogens with zero attached hydrogens (tertiary/aromatic N) is 2. The highest BCUT2D eigenvalue weighted by Gasteiger charge is 2.29. The van der Waals surface area contributed by atoms with Gasteiger partial charge in [0.25, 0.3) is 5.91 Å². The Morgan fingerprint density at radius 2 is 1.89 bits per heavy atom. The summed E-state index contributed by atoms with van der Waals surface area (Å²) in [5, 5.41) is 9.63. The van der Waals surface area contributed by atoms with Crippen molar-refractivity contribution in [1.29, 1.82) is 0 Å². The van der Waals surface area contributed by atoms with Crippen LogP contribution >= 0.6 is 11.6 Å². The first-order valence-electron chi connectivity index (χ1n) is 11.5. The van der Waals surface area contributed by atoms with Crippen molar-refractivity contribution in [3.63, 3.8) is 0 Å². The fourth-order valence-corrected chi connectivity index (χ4v) is 5.14. The van der Waals surface area contributed by atoms with E-state index in [9.17, 15) is 9.59 Å². The first kappa shape index (κ1) is 23.1. The molecule has 0 spiro atoms. The van der Waals surface area contributed by atoms with Crippen molar-refractivity contribution in [2.75, 3.05) is 12.0 Å². The number of aromatic nitrogens is 1. The predicted octanol–water partition coefficient (Wildman–Crippen LogP) is 6.37. The SMILES string of the molecule is COc1cc(C2=CCCCC2)c(Cl)cc1C(=O)N1Cc2ccc(OC(=O)O)n2Cc2ccccc21. The Hall–Kier alpha value is -3.71. The molecule has 5 rings (SSSR count). The van der Waals surface area contributed by atoms with Crippen LogP contribution in [0, 0.1) is 0 Å². The van der Waals surface area contributed by atoms with Crippen LogP contribution in [0.1, 0.15) is 52.9 Å². The van der Waals surface area contributed by atoms with Gasteiger partial charge in [0.05, 0.1) is 25.8 Å². The number of rotatable bonds is 4. The fourth-order valence-electron chi connectivity index (χ4n) is 4.86. The van der Waals surface area contributed by atoms with Gasteiger partial charge in [0.1, 0.15) is 5.75 Å². The summed E-state index contributed by atoms with van der Waals surface area (Å²) in [4.78, 5) is 26.8. The number of allylic oxidation sites excluding steroid dienone is 2. The van der Waals surface area contributed by atoms with E-state index in [1.807, 2.05) is 30.3 Å². The molecule has 0 radical (unpaired) electrons. The molecule has 0 unspecified atom stereocenters. The molecule has 2 heterocycles. The van der Waals surface area contributed by atoms with Crippen LogP contribution in [0.25, 0.3) is 5.57 Å². The number of amides is 1. The molecule has 7 nitrogen and oxygen atoms in total. The van der Waals surface area contributed by atoms with E-state index in [4.69, 9.17) is 26.2 Å². The summed E-state index contributed by atoms with van der Waals surface area (Å²) in [6, 6.07) is 14.5. The van der Waals surface area contributed by atoms with Crippen LogP contribution in [-0.2, 0) is 13.1 Å². The summed E-state index contributed by atoms with van der Waals surface area (Å²) in [5.74, 6) is 0.422. The summed E-state index contributed by atoms with van der Waals surface area (Å²) >= 11 is 6.70. The number of benzene rings is 2. The van der Waals surface area contributed by atoms with Gasteiger partial charge in [-0.15, -0.1) is 0 Å². The lowest BCUT2D eigenvalue weighted by atomic mass is 9.92. The van der Waals surface area contributed by atoms with E-state index in [1.54, 1.807) is 34.8 Å². The molecule has 0 fully saturated rings. The number of carbonyl (C=O) groups is 2. The van der Waals surface area contributed by atoms with Gasteiger partial charge in [-0.3, -0.25) is 4.79 Å². The van der Waals surface area contributed by atoms with Crippen LogP contribution in [0.5, 0.6) is 11.6 Å². The predicted molar refractivity (Wildman–Crippen MR) is 134 cm³/mol. The maximum absolute atomic E-state index is 14.0. The van der Waals surface area contributed by atoms with Gasteiger partial charge in [-0.1, -0.05) is 35.9 Å². The van der Waals surface area contributed by atoms with E-state index < -0.39 is 6.16 Å². The van der Waals surface area contributed by atoms with Crippen LogP contribution in [0.2, 0.25) is 5.02 Å². The van der Waals surface area contributed by atoms with Crippen molar-refractivity contribution in [2.24, 2.45) is 0 Å². The van der Waals surface area contributed by atoms with E-state index in [0.717, 1.165) is 41.8 Å². The Balaban J connectivity index is 1.57. The van der Waals surface area contributed by atoms with Crippen molar-refractivity contribution < 1.29 is 24.2 Å². The van der Waals surface area contributed by atoms with Crippen LogP contribution < -0.4 is 14.4 Å². The highest BCUT2D eigenvalue weighted by molar-refractivity contribution is 6.33. The summed E-state index contributed by atoms with van der Waals surface area (Å²) < 4.78 is 12.4. The van der Waals surface area contributed by atoms with E-state index in [0.29, 0.717) is 22.9 Å². The van der Waals surface area contributed by atoms with Gasteiger partial charge >= 0.3 is 6.16 Å². The molecule has 0 bridgehead atoms. The van der Waals surface area contributed by atoms with Gasteiger partial charge in [-0.2, -0.15) is 0 Å².